The summed E-state index contributed by atoms with van der Waals surface area (Å²) in [6.07, 6.45) is 12.8. The van der Waals surface area contributed by atoms with Crippen LogP contribution in [0.15, 0.2) is 24.3 Å². The number of carbonyl (C=O) groups excluding carboxylic acids is 2. The molecule has 0 aromatic heterocycles. The van der Waals surface area contributed by atoms with E-state index in [9.17, 15) is 9.59 Å². The van der Waals surface area contributed by atoms with Gasteiger partial charge < -0.3 is 0 Å². The third-order valence-electron chi connectivity index (χ3n) is 6.99. The summed E-state index contributed by atoms with van der Waals surface area (Å²) in [6, 6.07) is 7.16. The molecule has 2 rings (SSSR count). The third-order valence-corrected chi connectivity index (χ3v) is 6.99. The molecule has 230 valence electrons. The molecular weight excluding hydrogens is 478 g/mol. The minimum atomic E-state index is -0.125. The van der Waals surface area contributed by atoms with Gasteiger partial charge >= 0.3 is 0 Å². The van der Waals surface area contributed by atoms with Gasteiger partial charge in [0.15, 0.2) is 0 Å². The standard InChI is InChI=1S/C28H45NO2.4C2H6/c1-21(2)11-8-12-22(3)13-9-14-23(4)15-10-16-24(5)19-20-29-27(30)25-17-6-7-18-26(25)28(29)31;4*1-2/h6-7,17-18,21-24H,8-16,19-20H2,1-5H3;4*1-2H3. The van der Waals surface area contributed by atoms with E-state index < -0.39 is 0 Å². The lowest BCUT2D eigenvalue weighted by atomic mass is 9.91. The van der Waals surface area contributed by atoms with E-state index in [1.54, 1.807) is 12.1 Å². The van der Waals surface area contributed by atoms with Crippen molar-refractivity contribution in [2.24, 2.45) is 23.7 Å². The number of nitrogens with zero attached hydrogens (tertiary/aromatic N) is 1. The van der Waals surface area contributed by atoms with Crippen molar-refractivity contribution >= 4 is 11.8 Å². The highest BCUT2D eigenvalue weighted by molar-refractivity contribution is 6.21. The first-order valence-corrected chi connectivity index (χ1v) is 16.7. The Labute approximate surface area is 245 Å². The van der Waals surface area contributed by atoms with Gasteiger partial charge in [0, 0.05) is 6.54 Å². The summed E-state index contributed by atoms with van der Waals surface area (Å²) >= 11 is 0. The van der Waals surface area contributed by atoms with Crippen molar-refractivity contribution in [3.05, 3.63) is 35.4 Å². The summed E-state index contributed by atoms with van der Waals surface area (Å²) in [4.78, 5) is 26.4. The molecule has 0 fully saturated rings. The van der Waals surface area contributed by atoms with Crippen molar-refractivity contribution in [3.63, 3.8) is 0 Å². The molecule has 39 heavy (non-hydrogen) atoms. The summed E-state index contributed by atoms with van der Waals surface area (Å²) in [7, 11) is 0. The van der Waals surface area contributed by atoms with Gasteiger partial charge in [-0.1, -0.05) is 160 Å². The van der Waals surface area contributed by atoms with Crippen LogP contribution in [0.5, 0.6) is 0 Å². The van der Waals surface area contributed by atoms with E-state index >= 15 is 0 Å². The fourth-order valence-corrected chi connectivity index (χ4v) is 4.73. The van der Waals surface area contributed by atoms with E-state index in [4.69, 9.17) is 0 Å². The first-order chi connectivity index (χ1) is 18.8. The fourth-order valence-electron chi connectivity index (χ4n) is 4.73. The predicted molar refractivity (Wildman–Crippen MR) is 176 cm³/mol. The second kappa shape index (κ2) is 27.9. The zero-order valence-corrected chi connectivity index (χ0v) is 28.7. The minimum Gasteiger partial charge on any atom is -0.274 e. The van der Waals surface area contributed by atoms with Gasteiger partial charge in [-0.15, -0.1) is 0 Å². The van der Waals surface area contributed by atoms with E-state index in [1.165, 1.54) is 62.7 Å². The number of benzene rings is 1. The molecule has 3 nitrogen and oxygen atoms in total. The Morgan fingerprint density at radius 2 is 0.821 bits per heavy atom. The van der Waals surface area contributed by atoms with Gasteiger partial charge in [0.05, 0.1) is 11.1 Å². The normalized spacial score (nSPS) is 13.8. The highest BCUT2D eigenvalue weighted by Crippen LogP contribution is 2.25. The molecule has 3 atom stereocenters. The van der Waals surface area contributed by atoms with E-state index in [0.717, 1.165) is 24.2 Å². The first kappa shape index (κ1) is 41.8. The maximum atomic E-state index is 12.5. The van der Waals surface area contributed by atoms with Crippen molar-refractivity contribution < 1.29 is 9.59 Å². The summed E-state index contributed by atoms with van der Waals surface area (Å²) < 4.78 is 0. The van der Waals surface area contributed by atoms with Crippen LogP contribution in [-0.4, -0.2) is 23.3 Å². The smallest absolute Gasteiger partial charge is 0.261 e. The van der Waals surface area contributed by atoms with Crippen LogP contribution >= 0.6 is 0 Å². The zero-order chi connectivity index (χ0) is 30.8. The van der Waals surface area contributed by atoms with Gasteiger partial charge in [-0.2, -0.15) is 0 Å². The van der Waals surface area contributed by atoms with E-state index in [1.807, 2.05) is 67.5 Å². The monoisotopic (exact) mass is 548 g/mol. The molecule has 1 heterocycles. The predicted octanol–water partition coefficient (Wildman–Crippen LogP) is 11.9. The third kappa shape index (κ3) is 18.4. The van der Waals surface area contributed by atoms with E-state index in [0.29, 0.717) is 23.6 Å². The molecule has 0 aliphatic carbocycles. The van der Waals surface area contributed by atoms with E-state index in [2.05, 4.69) is 34.6 Å². The Morgan fingerprint density at radius 3 is 1.15 bits per heavy atom. The number of hydrogen-bond donors (Lipinski definition) is 0. The quantitative estimate of drug-likeness (QED) is 0.205. The largest absolute Gasteiger partial charge is 0.274 e. The molecule has 2 amide bonds. The van der Waals surface area contributed by atoms with Crippen molar-refractivity contribution in [2.75, 3.05) is 6.54 Å². The molecule has 0 radical (unpaired) electrons. The summed E-state index contributed by atoms with van der Waals surface area (Å²) in [6.45, 7) is 28.2. The number of amides is 2. The average molecular weight is 548 g/mol. The lowest BCUT2D eigenvalue weighted by molar-refractivity contribution is 0.0646. The Balaban J connectivity index is -0.00000148. The molecular formula is C36H69NO2. The molecule has 0 bridgehead atoms. The molecule has 0 saturated heterocycles. The number of imide groups is 1. The van der Waals surface area contributed by atoms with Crippen molar-refractivity contribution in [3.8, 4) is 0 Å². The lowest BCUT2D eigenvalue weighted by Crippen LogP contribution is -2.31. The number of hydrogen-bond acceptors (Lipinski definition) is 2. The Hall–Kier alpha value is -1.64. The summed E-state index contributed by atoms with van der Waals surface area (Å²) in [5.74, 6) is 2.79. The minimum absolute atomic E-state index is 0.125. The SMILES string of the molecule is CC.CC.CC.CC.CC(C)CCCC(C)CCCC(C)CCCC(C)CCN1C(=O)c2ccccc2C1=O. The van der Waals surface area contributed by atoms with Crippen LogP contribution in [0.1, 0.15) is 175 Å². The fraction of sp³-hybridized carbons (Fsp3) is 0.778. The Bertz CT molecular complexity index is 662. The highest BCUT2D eigenvalue weighted by atomic mass is 16.2. The second-order valence-corrected chi connectivity index (χ2v) is 10.6. The van der Waals surface area contributed by atoms with Gasteiger partial charge in [0.25, 0.3) is 11.8 Å². The molecule has 0 saturated carbocycles. The van der Waals surface area contributed by atoms with Gasteiger partial charge in [-0.25, -0.2) is 0 Å². The topological polar surface area (TPSA) is 37.4 Å². The number of rotatable bonds is 15. The van der Waals surface area contributed by atoms with Crippen LogP contribution in [0.2, 0.25) is 0 Å². The Kier molecular flexibility index (Phi) is 29.9. The Morgan fingerprint density at radius 1 is 0.513 bits per heavy atom. The van der Waals surface area contributed by atoms with Gasteiger partial charge in [0.2, 0.25) is 0 Å². The van der Waals surface area contributed by atoms with Gasteiger partial charge in [0.1, 0.15) is 0 Å². The average Bonchev–Trinajstić information content (AvgIpc) is 3.20. The highest BCUT2D eigenvalue weighted by Gasteiger charge is 2.34. The summed E-state index contributed by atoms with van der Waals surface area (Å²) in [5.41, 5.74) is 1.12. The molecule has 3 unspecified atom stereocenters. The van der Waals surface area contributed by atoms with Crippen LogP contribution in [0.3, 0.4) is 0 Å². The first-order valence-electron chi connectivity index (χ1n) is 16.7. The van der Waals surface area contributed by atoms with Crippen LogP contribution < -0.4 is 0 Å². The van der Waals surface area contributed by atoms with Crippen LogP contribution in [0.4, 0.5) is 0 Å². The molecule has 1 aliphatic heterocycles. The maximum Gasteiger partial charge on any atom is 0.261 e. The zero-order valence-electron chi connectivity index (χ0n) is 28.7. The lowest BCUT2D eigenvalue weighted by Gasteiger charge is -2.18. The van der Waals surface area contributed by atoms with Crippen molar-refractivity contribution in [1.82, 2.24) is 4.90 Å². The van der Waals surface area contributed by atoms with Gasteiger partial charge in [-0.05, 0) is 42.2 Å². The molecule has 0 N–H and O–H groups in total. The maximum absolute atomic E-state index is 12.5. The molecule has 0 spiro atoms. The summed E-state index contributed by atoms with van der Waals surface area (Å²) in [5, 5.41) is 0. The van der Waals surface area contributed by atoms with Crippen LogP contribution in [0.25, 0.3) is 0 Å². The van der Waals surface area contributed by atoms with Crippen LogP contribution in [0, 0.1) is 23.7 Å². The molecule has 1 aromatic carbocycles. The van der Waals surface area contributed by atoms with Crippen molar-refractivity contribution in [2.45, 2.75) is 154 Å². The second-order valence-electron chi connectivity index (χ2n) is 10.6. The van der Waals surface area contributed by atoms with Crippen molar-refractivity contribution in [1.29, 1.82) is 0 Å². The number of carbonyl (C=O) groups is 2. The molecule has 3 heteroatoms. The van der Waals surface area contributed by atoms with E-state index in [-0.39, 0.29) is 11.8 Å². The molecule has 1 aromatic rings. The molecule has 1 aliphatic rings. The van der Waals surface area contributed by atoms with Gasteiger partial charge in [-0.3, -0.25) is 14.5 Å². The number of fused-ring (bicyclic) bond motifs is 1. The van der Waals surface area contributed by atoms with Crippen LogP contribution in [-0.2, 0) is 0 Å².